The number of amides is 5. The Morgan fingerprint density at radius 1 is 1.16 bits per heavy atom. The predicted molar refractivity (Wildman–Crippen MR) is 157 cm³/mol. The number of aliphatic imine (C=N–C) groups is 1. The first-order valence-corrected chi connectivity index (χ1v) is 14.9. The van der Waals surface area contributed by atoms with E-state index in [1.54, 1.807) is 25.2 Å². The van der Waals surface area contributed by atoms with Crippen molar-refractivity contribution in [1.82, 2.24) is 30.6 Å². The summed E-state index contributed by atoms with van der Waals surface area (Å²) < 4.78 is 5.41. The molecule has 1 aromatic carbocycles. The van der Waals surface area contributed by atoms with Crippen molar-refractivity contribution < 1.29 is 44.2 Å². The lowest BCUT2D eigenvalue weighted by Gasteiger charge is -2.42. The monoisotopic (exact) mass is 631 g/mol. The molecule has 0 aromatic heterocycles. The number of hydrogen-bond acceptors (Lipinski definition) is 11. The number of phenolic OH excluding ortho intramolecular Hbond substituents is 1. The second-order valence-corrected chi connectivity index (χ2v) is 11.7. The van der Waals surface area contributed by atoms with Gasteiger partial charge in [-0.15, -0.1) is 0 Å². The smallest absolute Gasteiger partial charge is 0.268 e. The SMILES string of the molecule is CN1C(CCCN(O)C(=O)CCNC(=O)CNC(=O)C2COC(c3ccccc3O)=N2)C(=O)N(C2CCCN(O)C2=O)C1(C)C. The van der Waals surface area contributed by atoms with Crippen molar-refractivity contribution in [2.24, 2.45) is 4.99 Å². The largest absolute Gasteiger partial charge is 0.507 e. The number of hydrogen-bond donors (Lipinski definition) is 5. The minimum atomic E-state index is -0.883. The fourth-order valence-electron chi connectivity index (χ4n) is 5.73. The van der Waals surface area contributed by atoms with Gasteiger partial charge in [0.05, 0.1) is 23.8 Å². The Kier molecular flexibility index (Phi) is 10.6. The fraction of sp³-hybridized carbons (Fsp3) is 0.586. The maximum absolute atomic E-state index is 13.4. The summed E-state index contributed by atoms with van der Waals surface area (Å²) >= 11 is 0. The number of ether oxygens (including phenoxy) is 1. The lowest BCUT2D eigenvalue weighted by molar-refractivity contribution is -0.182. The van der Waals surface area contributed by atoms with E-state index >= 15 is 0 Å². The molecule has 0 bridgehead atoms. The summed E-state index contributed by atoms with van der Waals surface area (Å²) in [7, 11) is 1.78. The van der Waals surface area contributed by atoms with E-state index in [1.165, 1.54) is 11.0 Å². The van der Waals surface area contributed by atoms with Crippen LogP contribution < -0.4 is 10.6 Å². The van der Waals surface area contributed by atoms with Crippen LogP contribution in [0, 0.1) is 0 Å². The molecule has 3 atom stereocenters. The van der Waals surface area contributed by atoms with Crippen LogP contribution in [0.5, 0.6) is 5.75 Å². The number of carbonyl (C=O) groups excluding carboxylic acids is 5. The molecule has 3 heterocycles. The van der Waals surface area contributed by atoms with Gasteiger partial charge in [0.15, 0.2) is 6.04 Å². The predicted octanol–water partition coefficient (Wildman–Crippen LogP) is -0.583. The van der Waals surface area contributed by atoms with E-state index in [0.717, 1.165) is 0 Å². The van der Waals surface area contributed by atoms with Crippen molar-refractivity contribution in [2.75, 3.05) is 39.8 Å². The molecule has 1 aromatic rings. The van der Waals surface area contributed by atoms with Gasteiger partial charge >= 0.3 is 0 Å². The fourth-order valence-corrected chi connectivity index (χ4v) is 5.73. The van der Waals surface area contributed by atoms with Crippen LogP contribution >= 0.6 is 0 Å². The number of piperidine rings is 1. The molecule has 5 N–H and O–H groups in total. The molecule has 0 aliphatic carbocycles. The average Bonchev–Trinajstić information content (AvgIpc) is 3.55. The highest BCUT2D eigenvalue weighted by Gasteiger charge is 2.54. The maximum atomic E-state index is 13.4. The van der Waals surface area contributed by atoms with Gasteiger partial charge < -0.3 is 25.4 Å². The molecule has 0 spiro atoms. The first-order chi connectivity index (χ1) is 21.3. The normalized spacial score (nSPS) is 23.0. The maximum Gasteiger partial charge on any atom is 0.268 e. The van der Waals surface area contributed by atoms with Crippen molar-refractivity contribution in [2.45, 2.75) is 69.7 Å². The second-order valence-electron chi connectivity index (χ2n) is 11.7. The Labute approximate surface area is 260 Å². The molecule has 3 aliphatic rings. The Morgan fingerprint density at radius 2 is 1.89 bits per heavy atom. The molecule has 2 saturated heterocycles. The number of hydroxylamine groups is 4. The highest BCUT2D eigenvalue weighted by atomic mass is 16.5. The highest BCUT2D eigenvalue weighted by molar-refractivity contribution is 6.00. The van der Waals surface area contributed by atoms with Crippen molar-refractivity contribution in [1.29, 1.82) is 0 Å². The van der Waals surface area contributed by atoms with Crippen LogP contribution in [-0.2, 0) is 28.7 Å². The van der Waals surface area contributed by atoms with E-state index in [4.69, 9.17) is 4.74 Å². The summed E-state index contributed by atoms with van der Waals surface area (Å²) in [5.74, 6) is -2.36. The Balaban J connectivity index is 1.15. The second kappa shape index (κ2) is 14.2. The summed E-state index contributed by atoms with van der Waals surface area (Å²) in [5.41, 5.74) is -0.421. The summed E-state index contributed by atoms with van der Waals surface area (Å²) in [6.07, 6.45) is 1.47. The van der Waals surface area contributed by atoms with E-state index in [9.17, 15) is 39.5 Å². The molecule has 45 heavy (non-hydrogen) atoms. The zero-order valence-electron chi connectivity index (χ0n) is 25.6. The Bertz CT molecular complexity index is 1340. The molecule has 2 fully saturated rings. The molecule has 0 saturated carbocycles. The number of aromatic hydroxyl groups is 1. The van der Waals surface area contributed by atoms with Gasteiger partial charge in [-0.2, -0.15) is 0 Å². The van der Waals surface area contributed by atoms with Gasteiger partial charge in [0.2, 0.25) is 29.5 Å². The van der Waals surface area contributed by atoms with Crippen LogP contribution in [0.15, 0.2) is 29.3 Å². The molecule has 0 radical (unpaired) electrons. The zero-order chi connectivity index (χ0) is 32.9. The van der Waals surface area contributed by atoms with Crippen molar-refractivity contribution in [3.8, 4) is 5.75 Å². The molecule has 3 unspecified atom stereocenters. The van der Waals surface area contributed by atoms with Gasteiger partial charge in [-0.05, 0) is 58.7 Å². The molecule has 16 heteroatoms. The third kappa shape index (κ3) is 7.51. The minimum absolute atomic E-state index is 0.0333. The van der Waals surface area contributed by atoms with Crippen LogP contribution in [0.3, 0.4) is 0 Å². The van der Waals surface area contributed by atoms with E-state index < -0.39 is 47.4 Å². The number of rotatable bonds is 12. The zero-order valence-corrected chi connectivity index (χ0v) is 25.6. The summed E-state index contributed by atoms with van der Waals surface area (Å²) in [6, 6.07) is 4.20. The van der Waals surface area contributed by atoms with Crippen molar-refractivity contribution in [3.05, 3.63) is 29.8 Å². The van der Waals surface area contributed by atoms with Crippen LogP contribution in [0.4, 0.5) is 0 Å². The highest BCUT2D eigenvalue weighted by Crippen LogP contribution is 2.36. The molecular formula is C29H41N7O9. The van der Waals surface area contributed by atoms with Gasteiger partial charge in [0, 0.05) is 26.1 Å². The average molecular weight is 632 g/mol. The summed E-state index contributed by atoms with van der Waals surface area (Å²) in [4.78, 5) is 70.4. The molecule has 5 amide bonds. The number of nitrogens with one attached hydrogen (secondary N) is 2. The molecule has 4 rings (SSSR count). The van der Waals surface area contributed by atoms with Gasteiger partial charge in [0.1, 0.15) is 18.4 Å². The van der Waals surface area contributed by atoms with Gasteiger partial charge in [-0.25, -0.2) is 15.1 Å². The number of benzene rings is 1. The number of para-hydroxylation sites is 1. The number of likely N-dealkylation sites (N-methyl/N-ethyl adjacent to an activating group) is 1. The van der Waals surface area contributed by atoms with Crippen LogP contribution in [0.1, 0.15) is 51.5 Å². The van der Waals surface area contributed by atoms with Crippen molar-refractivity contribution in [3.63, 3.8) is 0 Å². The van der Waals surface area contributed by atoms with Crippen molar-refractivity contribution >= 4 is 35.4 Å². The molecular weight excluding hydrogens is 590 g/mol. The van der Waals surface area contributed by atoms with E-state index in [2.05, 4.69) is 15.6 Å². The standard InChI is InChI=1S/C29H41N7O9/c1-29(2)33(3)20(28(42)36(29)21-10-7-15-35(44)27(21)41)9-6-14-34(43)24(39)12-13-30-23(38)16-31-25(40)19-17-45-26(32-19)18-8-4-5-11-22(18)37/h4-5,8,11,19-21,37,43-44H,6-7,9-10,12-17H2,1-3H3,(H,30,38)(H,31,40). The Hall–Kier alpha value is -4.28. The Morgan fingerprint density at radius 3 is 2.62 bits per heavy atom. The van der Waals surface area contributed by atoms with Gasteiger partial charge in [-0.3, -0.25) is 39.3 Å². The molecule has 3 aliphatic heterocycles. The molecule has 246 valence electrons. The quantitative estimate of drug-likeness (QED) is 0.147. The lowest BCUT2D eigenvalue weighted by atomic mass is 10.0. The number of carbonyl (C=O) groups is 5. The minimum Gasteiger partial charge on any atom is -0.507 e. The first kappa shape index (κ1) is 33.6. The number of phenols is 1. The summed E-state index contributed by atoms with van der Waals surface area (Å²) in [6.45, 7) is 3.39. The topological polar surface area (TPSA) is 205 Å². The third-order valence-corrected chi connectivity index (χ3v) is 8.45. The van der Waals surface area contributed by atoms with E-state index in [1.807, 2.05) is 18.7 Å². The van der Waals surface area contributed by atoms with E-state index in [0.29, 0.717) is 41.4 Å². The lowest BCUT2D eigenvalue weighted by Crippen LogP contribution is -2.59. The van der Waals surface area contributed by atoms with Gasteiger partial charge in [-0.1, -0.05) is 12.1 Å². The van der Waals surface area contributed by atoms with Crippen LogP contribution in [-0.4, -0.2) is 135 Å². The van der Waals surface area contributed by atoms with E-state index in [-0.39, 0.29) is 56.8 Å². The number of nitrogens with zero attached hydrogens (tertiary/aromatic N) is 5. The molecule has 16 nitrogen and oxygen atoms in total. The van der Waals surface area contributed by atoms with Crippen LogP contribution in [0.25, 0.3) is 0 Å². The summed E-state index contributed by atoms with van der Waals surface area (Å²) in [5, 5.41) is 36.2. The van der Waals surface area contributed by atoms with Gasteiger partial charge in [0.25, 0.3) is 5.91 Å². The first-order valence-electron chi connectivity index (χ1n) is 14.9. The third-order valence-electron chi connectivity index (χ3n) is 8.45. The van der Waals surface area contributed by atoms with Crippen LogP contribution in [0.2, 0.25) is 0 Å².